The Hall–Kier alpha value is -1.44. The number of nitrogens with one attached hydrogen (secondary N) is 1. The fourth-order valence-corrected chi connectivity index (χ4v) is 5.16. The lowest BCUT2D eigenvalue weighted by atomic mass is 9.95. The molecule has 1 aromatic rings. The van der Waals surface area contributed by atoms with E-state index in [9.17, 15) is 13.2 Å². The number of sulfonamides is 1. The molecule has 0 aromatic heterocycles. The van der Waals surface area contributed by atoms with Crippen LogP contribution in [0.1, 0.15) is 55.8 Å². The fourth-order valence-electron chi connectivity index (χ4n) is 3.60. The Morgan fingerprint density at radius 1 is 1.23 bits per heavy atom. The molecular weight excluding hydrogens is 350 g/mol. The van der Waals surface area contributed by atoms with Gasteiger partial charge in [-0.3, -0.25) is 4.79 Å². The Morgan fingerprint density at radius 3 is 2.46 bits per heavy atom. The number of carbonyl (C=O) groups excluding carboxylic acids is 1. The molecule has 0 bridgehead atoms. The van der Waals surface area contributed by atoms with Crippen LogP contribution >= 0.6 is 0 Å². The monoisotopic (exact) mass is 379 g/mol. The van der Waals surface area contributed by atoms with Gasteiger partial charge in [0.1, 0.15) is 0 Å². The average molecular weight is 380 g/mol. The molecule has 1 saturated heterocycles. The minimum Gasteiger partial charge on any atom is -0.345 e. The SMILES string of the molecule is CC(CN)(NC(=O)c1cccc(S(=O)(=O)N2CCCCCC2)c1)C1CC1. The van der Waals surface area contributed by atoms with Crippen LogP contribution in [0.5, 0.6) is 0 Å². The Kier molecular flexibility index (Phi) is 5.69. The maximum atomic E-state index is 12.9. The summed E-state index contributed by atoms with van der Waals surface area (Å²) in [4.78, 5) is 12.9. The van der Waals surface area contributed by atoms with Crippen LogP contribution in [-0.2, 0) is 10.0 Å². The van der Waals surface area contributed by atoms with Crippen molar-refractivity contribution in [1.82, 2.24) is 9.62 Å². The minimum absolute atomic E-state index is 0.188. The van der Waals surface area contributed by atoms with Crippen LogP contribution in [0.2, 0.25) is 0 Å². The van der Waals surface area contributed by atoms with E-state index in [2.05, 4.69) is 5.32 Å². The van der Waals surface area contributed by atoms with Crippen molar-refractivity contribution in [3.63, 3.8) is 0 Å². The van der Waals surface area contributed by atoms with Gasteiger partial charge in [0.15, 0.2) is 0 Å². The highest BCUT2D eigenvalue weighted by Gasteiger charge is 2.41. The third kappa shape index (κ3) is 4.10. The van der Waals surface area contributed by atoms with Gasteiger partial charge < -0.3 is 11.1 Å². The summed E-state index contributed by atoms with van der Waals surface area (Å²) in [7, 11) is -3.57. The van der Waals surface area contributed by atoms with Crippen LogP contribution in [0.25, 0.3) is 0 Å². The molecule has 6 nitrogen and oxygen atoms in total. The Bertz CT molecular complexity index is 753. The summed E-state index contributed by atoms with van der Waals surface area (Å²) in [6.07, 6.45) is 6.03. The molecule has 1 aliphatic carbocycles. The highest BCUT2D eigenvalue weighted by molar-refractivity contribution is 7.89. The van der Waals surface area contributed by atoms with E-state index in [0.29, 0.717) is 31.1 Å². The topological polar surface area (TPSA) is 92.5 Å². The molecule has 3 N–H and O–H groups in total. The average Bonchev–Trinajstić information content (AvgIpc) is 3.48. The third-order valence-electron chi connectivity index (χ3n) is 5.60. The van der Waals surface area contributed by atoms with Gasteiger partial charge in [-0.1, -0.05) is 18.9 Å². The summed E-state index contributed by atoms with van der Waals surface area (Å²) in [6.45, 7) is 3.42. The number of benzene rings is 1. The molecule has 0 spiro atoms. The minimum atomic E-state index is -3.57. The molecule has 1 heterocycles. The van der Waals surface area contributed by atoms with Gasteiger partial charge in [0.05, 0.1) is 10.4 Å². The zero-order valence-corrected chi connectivity index (χ0v) is 16.2. The van der Waals surface area contributed by atoms with Crippen LogP contribution in [0.4, 0.5) is 0 Å². The maximum absolute atomic E-state index is 12.9. The van der Waals surface area contributed by atoms with Gasteiger partial charge in [-0.25, -0.2) is 8.42 Å². The second-order valence-corrected chi connectivity index (χ2v) is 9.63. The van der Waals surface area contributed by atoms with Gasteiger partial charge in [0.25, 0.3) is 5.91 Å². The highest BCUT2D eigenvalue weighted by Crippen LogP contribution is 2.39. The molecular formula is C19H29N3O3S. The first-order valence-electron chi connectivity index (χ1n) is 9.49. The molecule has 1 aliphatic heterocycles. The quantitative estimate of drug-likeness (QED) is 0.792. The summed E-state index contributed by atoms with van der Waals surface area (Å²) in [6, 6.07) is 6.34. The lowest BCUT2D eigenvalue weighted by molar-refractivity contribution is 0.0897. The number of amides is 1. The van der Waals surface area contributed by atoms with Crippen molar-refractivity contribution in [3.05, 3.63) is 29.8 Å². The first kappa shape index (κ1) is 19.3. The Morgan fingerprint density at radius 2 is 1.88 bits per heavy atom. The zero-order valence-electron chi connectivity index (χ0n) is 15.4. The predicted octanol–water partition coefficient (Wildman–Crippen LogP) is 2.11. The normalized spacial score (nSPS) is 21.6. The van der Waals surface area contributed by atoms with Gasteiger partial charge in [-0.15, -0.1) is 0 Å². The molecule has 7 heteroatoms. The van der Waals surface area contributed by atoms with Crippen molar-refractivity contribution in [2.75, 3.05) is 19.6 Å². The molecule has 1 amide bonds. The first-order chi connectivity index (χ1) is 12.4. The zero-order chi connectivity index (χ0) is 18.8. The largest absolute Gasteiger partial charge is 0.345 e. The highest BCUT2D eigenvalue weighted by atomic mass is 32.2. The molecule has 0 radical (unpaired) electrons. The number of rotatable bonds is 6. The van der Waals surface area contributed by atoms with E-state index in [0.717, 1.165) is 38.5 Å². The molecule has 144 valence electrons. The number of nitrogens with zero attached hydrogens (tertiary/aromatic N) is 1. The van der Waals surface area contributed by atoms with Gasteiger partial charge in [0.2, 0.25) is 10.0 Å². The van der Waals surface area contributed by atoms with Gasteiger partial charge >= 0.3 is 0 Å². The number of carbonyl (C=O) groups is 1. The summed E-state index contributed by atoms with van der Waals surface area (Å²) in [5, 5.41) is 3.02. The van der Waals surface area contributed by atoms with Crippen molar-refractivity contribution >= 4 is 15.9 Å². The number of hydrogen-bond donors (Lipinski definition) is 2. The van der Waals surface area contributed by atoms with E-state index in [1.54, 1.807) is 22.5 Å². The van der Waals surface area contributed by atoms with Crippen molar-refractivity contribution in [3.8, 4) is 0 Å². The predicted molar refractivity (Wildman–Crippen MR) is 101 cm³/mol. The fraction of sp³-hybridized carbons (Fsp3) is 0.632. The summed E-state index contributed by atoms with van der Waals surface area (Å²) >= 11 is 0. The van der Waals surface area contributed by atoms with Crippen LogP contribution < -0.4 is 11.1 Å². The summed E-state index contributed by atoms with van der Waals surface area (Å²) < 4.78 is 27.4. The van der Waals surface area contributed by atoms with Crippen LogP contribution in [0.15, 0.2) is 29.2 Å². The summed E-state index contributed by atoms with van der Waals surface area (Å²) in [5.74, 6) is 0.137. The molecule has 1 unspecified atom stereocenters. The van der Waals surface area contributed by atoms with E-state index < -0.39 is 15.6 Å². The van der Waals surface area contributed by atoms with Crippen LogP contribution in [0, 0.1) is 5.92 Å². The van der Waals surface area contributed by atoms with Crippen LogP contribution in [-0.4, -0.2) is 43.8 Å². The molecule has 1 aromatic carbocycles. The maximum Gasteiger partial charge on any atom is 0.251 e. The van der Waals surface area contributed by atoms with Crippen LogP contribution in [0.3, 0.4) is 0 Å². The Balaban J connectivity index is 1.80. The van der Waals surface area contributed by atoms with E-state index in [1.807, 2.05) is 6.92 Å². The van der Waals surface area contributed by atoms with E-state index >= 15 is 0 Å². The standard InChI is InChI=1S/C19H29N3O3S/c1-19(14-20,16-9-10-16)21-18(23)15-7-6-8-17(13-15)26(24,25)22-11-4-2-3-5-12-22/h6-8,13,16H,2-5,9-12,14,20H2,1H3,(H,21,23). The van der Waals surface area contributed by atoms with Crippen molar-refractivity contribution in [2.45, 2.75) is 55.9 Å². The second-order valence-electron chi connectivity index (χ2n) is 7.70. The summed E-state index contributed by atoms with van der Waals surface area (Å²) in [5.41, 5.74) is 5.80. The molecule has 1 saturated carbocycles. The van der Waals surface area contributed by atoms with Crippen molar-refractivity contribution in [2.24, 2.45) is 11.7 Å². The van der Waals surface area contributed by atoms with E-state index in [4.69, 9.17) is 5.73 Å². The van der Waals surface area contributed by atoms with Gasteiger partial charge in [-0.05, 0) is 56.7 Å². The lowest BCUT2D eigenvalue weighted by Gasteiger charge is -2.29. The lowest BCUT2D eigenvalue weighted by Crippen LogP contribution is -2.53. The third-order valence-corrected chi connectivity index (χ3v) is 7.50. The number of nitrogens with two attached hydrogens (primary N) is 1. The molecule has 26 heavy (non-hydrogen) atoms. The first-order valence-corrected chi connectivity index (χ1v) is 10.9. The molecule has 2 aliphatic rings. The van der Waals surface area contributed by atoms with E-state index in [-0.39, 0.29) is 10.8 Å². The smallest absolute Gasteiger partial charge is 0.251 e. The van der Waals surface area contributed by atoms with Gasteiger partial charge in [-0.2, -0.15) is 4.31 Å². The van der Waals surface area contributed by atoms with E-state index in [1.165, 1.54) is 6.07 Å². The Labute approximate surface area is 156 Å². The molecule has 3 rings (SSSR count). The van der Waals surface area contributed by atoms with Crippen molar-refractivity contribution < 1.29 is 13.2 Å². The molecule has 2 fully saturated rings. The van der Waals surface area contributed by atoms with Gasteiger partial charge in [0, 0.05) is 25.2 Å². The molecule has 1 atom stereocenters. The van der Waals surface area contributed by atoms with Crippen molar-refractivity contribution in [1.29, 1.82) is 0 Å². The second kappa shape index (κ2) is 7.66. The number of hydrogen-bond acceptors (Lipinski definition) is 4.